The smallest absolute Gasteiger partial charge is 0.316 e. The second-order valence-corrected chi connectivity index (χ2v) is 5.69. The number of aryl methyl sites for hydroxylation is 1. The van der Waals surface area contributed by atoms with Crippen molar-refractivity contribution >= 4 is 16.9 Å². The number of ether oxygens (including phenoxy) is 1. The lowest BCUT2D eigenvalue weighted by atomic mass is 9.81. The van der Waals surface area contributed by atoms with Crippen molar-refractivity contribution in [2.45, 2.75) is 31.5 Å². The molecule has 0 saturated heterocycles. The van der Waals surface area contributed by atoms with Crippen molar-refractivity contribution in [2.24, 2.45) is 0 Å². The van der Waals surface area contributed by atoms with Crippen molar-refractivity contribution in [3.8, 4) is 5.75 Å². The number of rotatable bonds is 1. The summed E-state index contributed by atoms with van der Waals surface area (Å²) < 4.78 is 10.3. The molecular formula is C16H16O7. The van der Waals surface area contributed by atoms with Crippen molar-refractivity contribution in [1.82, 2.24) is 0 Å². The number of carbonyl (C=O) groups is 1. The SMILES string of the molecule is COC(=O)[C@@H]1c2c(oc3cc(C)cc(O)c3c2=O)C[C@H](O)[C@@H]1O. The van der Waals surface area contributed by atoms with Gasteiger partial charge in [0.2, 0.25) is 5.43 Å². The van der Waals surface area contributed by atoms with Crippen LogP contribution in [0.3, 0.4) is 0 Å². The van der Waals surface area contributed by atoms with Crippen LogP contribution in [0.15, 0.2) is 21.3 Å². The third-order valence-corrected chi connectivity index (χ3v) is 4.13. The largest absolute Gasteiger partial charge is 0.507 e. The monoisotopic (exact) mass is 320 g/mol. The molecule has 1 aromatic carbocycles. The first-order valence-corrected chi connectivity index (χ1v) is 7.08. The van der Waals surface area contributed by atoms with Gasteiger partial charge >= 0.3 is 5.97 Å². The van der Waals surface area contributed by atoms with Gasteiger partial charge in [0, 0.05) is 6.42 Å². The van der Waals surface area contributed by atoms with E-state index in [-0.39, 0.29) is 34.5 Å². The third-order valence-electron chi connectivity index (χ3n) is 4.13. The number of carbonyl (C=O) groups excluding carboxylic acids is 1. The molecule has 2 aromatic rings. The molecule has 0 aliphatic heterocycles. The van der Waals surface area contributed by atoms with Gasteiger partial charge in [-0.3, -0.25) is 9.59 Å². The van der Waals surface area contributed by atoms with Crippen molar-refractivity contribution in [3.05, 3.63) is 39.2 Å². The van der Waals surface area contributed by atoms with Crippen molar-refractivity contribution in [2.75, 3.05) is 7.11 Å². The minimum absolute atomic E-state index is 0.0631. The molecule has 7 heteroatoms. The summed E-state index contributed by atoms with van der Waals surface area (Å²) in [5, 5.41) is 30.0. The Balaban J connectivity index is 2.37. The predicted molar refractivity (Wildman–Crippen MR) is 79.4 cm³/mol. The van der Waals surface area contributed by atoms with E-state index in [1.165, 1.54) is 6.07 Å². The number of aliphatic hydroxyl groups excluding tert-OH is 2. The van der Waals surface area contributed by atoms with E-state index in [1.54, 1.807) is 13.0 Å². The highest BCUT2D eigenvalue weighted by atomic mass is 16.5. The van der Waals surface area contributed by atoms with Gasteiger partial charge in [0.15, 0.2) is 0 Å². The minimum atomic E-state index is -1.48. The maximum Gasteiger partial charge on any atom is 0.316 e. The van der Waals surface area contributed by atoms with Crippen molar-refractivity contribution in [1.29, 1.82) is 0 Å². The van der Waals surface area contributed by atoms with Crippen LogP contribution in [-0.2, 0) is 16.0 Å². The van der Waals surface area contributed by atoms with Crippen LogP contribution in [0.25, 0.3) is 11.0 Å². The van der Waals surface area contributed by atoms with E-state index < -0.39 is 29.5 Å². The Morgan fingerprint density at radius 3 is 2.70 bits per heavy atom. The number of fused-ring (bicyclic) bond motifs is 2. The average molecular weight is 320 g/mol. The second-order valence-electron chi connectivity index (χ2n) is 5.69. The molecular weight excluding hydrogens is 304 g/mol. The first kappa shape index (κ1) is 15.5. The molecule has 122 valence electrons. The number of phenolic OH excluding ortho intramolecular Hbond substituents is 1. The quantitative estimate of drug-likeness (QED) is 0.649. The molecule has 0 unspecified atom stereocenters. The van der Waals surface area contributed by atoms with E-state index in [1.807, 2.05) is 0 Å². The number of hydrogen-bond donors (Lipinski definition) is 3. The first-order valence-electron chi connectivity index (χ1n) is 7.08. The molecule has 23 heavy (non-hydrogen) atoms. The average Bonchev–Trinajstić information content (AvgIpc) is 2.47. The molecule has 0 saturated carbocycles. The molecule has 1 heterocycles. The number of aliphatic hydroxyl groups is 2. The summed E-state index contributed by atoms with van der Waals surface area (Å²) in [6.07, 6.45) is -2.85. The number of phenols is 1. The summed E-state index contributed by atoms with van der Waals surface area (Å²) in [5.74, 6) is -2.36. The lowest BCUT2D eigenvalue weighted by Gasteiger charge is -2.30. The molecule has 0 radical (unpaired) electrons. The van der Waals surface area contributed by atoms with Gasteiger partial charge in [0.1, 0.15) is 28.4 Å². The van der Waals surface area contributed by atoms with E-state index in [9.17, 15) is 24.9 Å². The Hall–Kier alpha value is -2.38. The standard InChI is InChI=1S/C16H16O7/c1-6-3-7(17)11-9(4-6)23-10-5-8(18)14(19)13(16(21)22-2)12(10)15(11)20/h3-4,8,13-14,17-19H,5H2,1-2H3/t8-,13+,14-/m0/s1. The molecule has 1 aliphatic carbocycles. The Kier molecular flexibility index (Phi) is 3.62. The Morgan fingerprint density at radius 1 is 1.35 bits per heavy atom. The summed E-state index contributed by atoms with van der Waals surface area (Å²) in [6, 6.07) is 2.99. The van der Waals surface area contributed by atoms with Gasteiger partial charge in [-0.15, -0.1) is 0 Å². The molecule has 0 amide bonds. The summed E-state index contributed by atoms with van der Waals surface area (Å²) in [4.78, 5) is 24.7. The fourth-order valence-electron chi connectivity index (χ4n) is 3.05. The molecule has 0 fully saturated rings. The number of hydrogen-bond acceptors (Lipinski definition) is 7. The van der Waals surface area contributed by atoms with E-state index in [4.69, 9.17) is 4.42 Å². The zero-order valence-electron chi connectivity index (χ0n) is 12.6. The van der Waals surface area contributed by atoms with E-state index in [0.717, 1.165) is 7.11 Å². The zero-order chi connectivity index (χ0) is 16.9. The van der Waals surface area contributed by atoms with Crippen LogP contribution in [0, 0.1) is 6.92 Å². The molecule has 3 rings (SSSR count). The summed E-state index contributed by atoms with van der Waals surface area (Å²) in [6.45, 7) is 1.73. The Bertz CT molecular complexity index is 852. The summed E-state index contributed by atoms with van der Waals surface area (Å²) in [5.41, 5.74) is 0.166. The highest BCUT2D eigenvalue weighted by Crippen LogP contribution is 2.35. The molecule has 1 aromatic heterocycles. The van der Waals surface area contributed by atoms with Gasteiger partial charge < -0.3 is 24.5 Å². The van der Waals surface area contributed by atoms with Crippen LogP contribution >= 0.6 is 0 Å². The van der Waals surface area contributed by atoms with Gasteiger partial charge in [0.25, 0.3) is 0 Å². The van der Waals surface area contributed by atoms with Gasteiger partial charge in [-0.1, -0.05) is 0 Å². The Morgan fingerprint density at radius 2 is 2.04 bits per heavy atom. The van der Waals surface area contributed by atoms with Gasteiger partial charge in [-0.25, -0.2) is 0 Å². The number of methoxy groups -OCH3 is 1. The molecule has 0 spiro atoms. The van der Waals surface area contributed by atoms with Gasteiger partial charge in [-0.2, -0.15) is 0 Å². The Labute approximate surface area is 130 Å². The van der Waals surface area contributed by atoms with E-state index in [2.05, 4.69) is 4.74 Å². The van der Waals surface area contributed by atoms with Gasteiger partial charge in [0.05, 0.1) is 24.9 Å². The normalized spacial score (nSPS) is 23.6. The maximum absolute atomic E-state index is 12.8. The number of esters is 1. The fourth-order valence-corrected chi connectivity index (χ4v) is 3.05. The first-order chi connectivity index (χ1) is 10.8. The zero-order valence-corrected chi connectivity index (χ0v) is 12.6. The molecule has 7 nitrogen and oxygen atoms in total. The number of benzene rings is 1. The predicted octanol–water partition coefficient (Wildman–Crippen LogP) is 0.342. The molecule has 3 atom stereocenters. The highest BCUT2D eigenvalue weighted by Gasteiger charge is 2.43. The fraction of sp³-hybridized carbons (Fsp3) is 0.375. The minimum Gasteiger partial charge on any atom is -0.507 e. The maximum atomic E-state index is 12.8. The van der Waals surface area contributed by atoms with Crippen LogP contribution in [0.5, 0.6) is 5.75 Å². The van der Waals surface area contributed by atoms with E-state index >= 15 is 0 Å². The lowest BCUT2D eigenvalue weighted by Crippen LogP contribution is -2.44. The highest BCUT2D eigenvalue weighted by molar-refractivity contribution is 5.87. The van der Waals surface area contributed by atoms with Crippen molar-refractivity contribution in [3.63, 3.8) is 0 Å². The topological polar surface area (TPSA) is 117 Å². The van der Waals surface area contributed by atoms with Crippen LogP contribution in [0.2, 0.25) is 0 Å². The van der Waals surface area contributed by atoms with Crippen molar-refractivity contribution < 1.29 is 29.3 Å². The lowest BCUT2D eigenvalue weighted by molar-refractivity contribution is -0.148. The third kappa shape index (κ3) is 2.29. The second kappa shape index (κ2) is 5.36. The van der Waals surface area contributed by atoms with Crippen LogP contribution in [-0.4, -0.2) is 40.6 Å². The molecule has 0 bridgehead atoms. The molecule has 3 N–H and O–H groups in total. The number of aromatic hydroxyl groups is 1. The summed E-state index contributed by atoms with van der Waals surface area (Å²) in [7, 11) is 1.12. The van der Waals surface area contributed by atoms with E-state index in [0.29, 0.717) is 5.56 Å². The summed E-state index contributed by atoms with van der Waals surface area (Å²) >= 11 is 0. The van der Waals surface area contributed by atoms with Crippen LogP contribution in [0.4, 0.5) is 0 Å². The van der Waals surface area contributed by atoms with Crippen LogP contribution < -0.4 is 5.43 Å². The van der Waals surface area contributed by atoms with Gasteiger partial charge in [-0.05, 0) is 24.6 Å². The molecule has 1 aliphatic rings. The van der Waals surface area contributed by atoms with Crippen LogP contribution in [0.1, 0.15) is 22.8 Å².